The lowest BCUT2D eigenvalue weighted by Crippen LogP contribution is -2.45. The van der Waals surface area contributed by atoms with Crippen LogP contribution in [0, 0.1) is 0 Å². The first-order valence-electron chi connectivity index (χ1n) is 13.4. The second kappa shape index (κ2) is 12.8. The first-order chi connectivity index (χ1) is 20.1. The summed E-state index contributed by atoms with van der Waals surface area (Å²) in [6.45, 7) is 2.44. The molecule has 0 unspecified atom stereocenters. The van der Waals surface area contributed by atoms with Gasteiger partial charge in [-0.1, -0.05) is 65.9 Å². The molecule has 0 radical (unpaired) electrons. The van der Waals surface area contributed by atoms with Gasteiger partial charge in [0.05, 0.1) is 19.2 Å². The van der Waals surface area contributed by atoms with Crippen LogP contribution < -0.4 is 19.7 Å². The van der Waals surface area contributed by atoms with Crippen LogP contribution in [0.2, 0.25) is 0 Å². The summed E-state index contributed by atoms with van der Waals surface area (Å²) in [4.78, 5) is 29.9. The molecule has 9 nitrogen and oxygen atoms in total. The molecule has 9 heteroatoms. The number of amides is 2. The Morgan fingerprint density at radius 2 is 1.61 bits per heavy atom. The second-order valence-electron chi connectivity index (χ2n) is 9.27. The number of nitrogens with zero attached hydrogens (tertiary/aromatic N) is 4. The summed E-state index contributed by atoms with van der Waals surface area (Å²) >= 11 is 0. The van der Waals surface area contributed by atoms with E-state index in [-0.39, 0.29) is 18.4 Å². The quantitative estimate of drug-likeness (QED) is 0.251. The molecule has 1 heterocycles. The maximum atomic E-state index is 14.3. The number of anilines is 1. The van der Waals surface area contributed by atoms with Crippen LogP contribution in [0.5, 0.6) is 11.5 Å². The summed E-state index contributed by atoms with van der Waals surface area (Å²) in [5.41, 5.74) is 3.42. The van der Waals surface area contributed by atoms with Crippen LogP contribution in [-0.4, -0.2) is 40.5 Å². The smallest absolute Gasteiger partial charge is 0.249 e. The van der Waals surface area contributed by atoms with Crippen molar-refractivity contribution in [2.45, 2.75) is 26.1 Å². The van der Waals surface area contributed by atoms with E-state index in [1.165, 1.54) is 4.90 Å². The number of aromatic nitrogens is 3. The Kier molecular flexibility index (Phi) is 8.54. The molecule has 1 atom stereocenters. The predicted octanol–water partition coefficient (Wildman–Crippen LogP) is 4.93. The van der Waals surface area contributed by atoms with Crippen LogP contribution in [0.3, 0.4) is 0 Å². The number of carbonyl (C=O) groups excluding carboxylic acids is 2. The van der Waals surface area contributed by atoms with Crippen molar-refractivity contribution in [3.63, 3.8) is 0 Å². The fraction of sp³-hybridized carbons (Fsp3) is 0.188. The van der Waals surface area contributed by atoms with Crippen LogP contribution in [-0.2, 0) is 22.7 Å². The summed E-state index contributed by atoms with van der Waals surface area (Å²) in [5.74, 6) is 0.446. The highest BCUT2D eigenvalue weighted by molar-refractivity contribution is 6.02. The van der Waals surface area contributed by atoms with Crippen molar-refractivity contribution in [3.05, 3.63) is 114 Å². The average Bonchev–Trinajstić information content (AvgIpc) is 3.42. The Labute approximate surface area is 238 Å². The summed E-state index contributed by atoms with van der Waals surface area (Å²) in [7, 11) is 1.58. The van der Waals surface area contributed by atoms with Crippen LogP contribution in [0.15, 0.2) is 103 Å². The van der Waals surface area contributed by atoms with Gasteiger partial charge in [-0.15, -0.1) is 5.10 Å². The van der Waals surface area contributed by atoms with Crippen molar-refractivity contribution in [2.75, 3.05) is 18.6 Å². The van der Waals surface area contributed by atoms with Crippen LogP contribution in [0.25, 0.3) is 11.0 Å². The van der Waals surface area contributed by atoms with Gasteiger partial charge in [0.1, 0.15) is 29.6 Å². The molecule has 5 rings (SSSR count). The lowest BCUT2D eigenvalue weighted by atomic mass is 10.0. The predicted molar refractivity (Wildman–Crippen MR) is 157 cm³/mol. The molecule has 0 aliphatic heterocycles. The monoisotopic (exact) mass is 549 g/mol. The maximum absolute atomic E-state index is 14.3. The Balaban J connectivity index is 1.59. The van der Waals surface area contributed by atoms with Gasteiger partial charge in [0.25, 0.3) is 0 Å². The number of ether oxygens (including phenoxy) is 2. The first-order valence-corrected chi connectivity index (χ1v) is 13.4. The Bertz CT molecular complexity index is 1620. The Morgan fingerprint density at radius 1 is 0.902 bits per heavy atom. The van der Waals surface area contributed by atoms with E-state index >= 15 is 0 Å². The molecule has 0 aliphatic rings. The third-order valence-corrected chi connectivity index (χ3v) is 6.65. The van der Waals surface area contributed by atoms with Crippen LogP contribution >= 0.6 is 0 Å². The van der Waals surface area contributed by atoms with E-state index in [0.717, 1.165) is 11.1 Å². The Hall–Kier alpha value is -5.18. The molecule has 0 saturated carbocycles. The fourth-order valence-corrected chi connectivity index (χ4v) is 4.69. The van der Waals surface area contributed by atoms with Crippen molar-refractivity contribution >= 4 is 28.5 Å². The van der Waals surface area contributed by atoms with Crippen LogP contribution in [0.1, 0.15) is 24.1 Å². The van der Waals surface area contributed by atoms with E-state index < -0.39 is 6.04 Å². The zero-order valence-electron chi connectivity index (χ0n) is 22.9. The molecule has 2 amide bonds. The van der Waals surface area contributed by atoms with E-state index in [9.17, 15) is 9.59 Å². The highest BCUT2D eigenvalue weighted by Gasteiger charge is 2.35. The molecule has 5 aromatic rings. The van der Waals surface area contributed by atoms with Gasteiger partial charge >= 0.3 is 0 Å². The number of carbonyl (C=O) groups is 2. The van der Waals surface area contributed by atoms with E-state index in [0.29, 0.717) is 41.4 Å². The molecule has 0 fully saturated rings. The summed E-state index contributed by atoms with van der Waals surface area (Å²) < 4.78 is 12.8. The number of para-hydroxylation sites is 2. The molecule has 208 valence electrons. The molecule has 4 aromatic carbocycles. The number of nitrogens with one attached hydrogen (secondary N) is 1. The summed E-state index contributed by atoms with van der Waals surface area (Å²) in [6.07, 6.45) is 0. The van der Waals surface area contributed by atoms with Crippen molar-refractivity contribution in [3.8, 4) is 11.5 Å². The molecular formula is C32H31N5O4. The first kappa shape index (κ1) is 27.4. The van der Waals surface area contributed by atoms with Crippen LogP contribution in [0.4, 0.5) is 5.69 Å². The number of hydrogen-bond donors (Lipinski definition) is 1. The highest BCUT2D eigenvalue weighted by atomic mass is 16.5. The lowest BCUT2D eigenvalue weighted by molar-refractivity contribution is -0.127. The molecular weight excluding hydrogens is 518 g/mol. The molecule has 0 bridgehead atoms. The standard InChI is InChI=1S/C32H31N5O4/c1-3-41-29-16-10-7-13-26(29)31(32(39)33-21-23-11-5-4-6-12-23)37(24-17-19-25(40-2)20-18-24)30(38)22-36-28-15-9-8-14-27(28)34-35-36/h4-20,31H,3,21-22H2,1-2H3,(H,33,39)/t31-/m0/s1. The molecule has 41 heavy (non-hydrogen) atoms. The van der Waals surface area contributed by atoms with E-state index in [2.05, 4.69) is 15.6 Å². The Morgan fingerprint density at radius 3 is 2.37 bits per heavy atom. The van der Waals surface area contributed by atoms with Crippen molar-refractivity contribution in [1.82, 2.24) is 20.3 Å². The molecule has 0 aliphatic carbocycles. The molecule has 1 N–H and O–H groups in total. The lowest BCUT2D eigenvalue weighted by Gasteiger charge is -2.32. The summed E-state index contributed by atoms with van der Waals surface area (Å²) in [5, 5.41) is 11.4. The zero-order valence-corrected chi connectivity index (χ0v) is 22.9. The number of fused-ring (bicyclic) bond motifs is 1. The number of benzene rings is 4. The van der Waals surface area contributed by atoms with Crippen molar-refractivity contribution < 1.29 is 19.1 Å². The second-order valence-corrected chi connectivity index (χ2v) is 9.27. The minimum atomic E-state index is -1.04. The SMILES string of the molecule is CCOc1ccccc1[C@@H](C(=O)NCc1ccccc1)N(C(=O)Cn1nnc2ccccc21)c1ccc(OC)cc1. The maximum Gasteiger partial charge on any atom is 0.249 e. The van der Waals surface area contributed by atoms with Gasteiger partial charge in [0.2, 0.25) is 11.8 Å². The molecule has 1 aromatic heterocycles. The average molecular weight is 550 g/mol. The minimum absolute atomic E-state index is 0.133. The van der Waals surface area contributed by atoms with E-state index in [1.807, 2.05) is 79.7 Å². The highest BCUT2D eigenvalue weighted by Crippen LogP contribution is 2.35. The van der Waals surface area contributed by atoms with Gasteiger partial charge in [0.15, 0.2) is 0 Å². The minimum Gasteiger partial charge on any atom is -0.497 e. The normalized spacial score (nSPS) is 11.6. The zero-order chi connectivity index (χ0) is 28.6. The number of rotatable bonds is 11. The van der Waals surface area contributed by atoms with Gasteiger partial charge in [-0.2, -0.15) is 0 Å². The van der Waals surface area contributed by atoms with Gasteiger partial charge in [-0.3, -0.25) is 14.5 Å². The largest absolute Gasteiger partial charge is 0.497 e. The fourth-order valence-electron chi connectivity index (χ4n) is 4.69. The van der Waals surface area contributed by atoms with Crippen molar-refractivity contribution in [2.24, 2.45) is 0 Å². The number of hydrogen-bond acceptors (Lipinski definition) is 6. The molecule has 0 saturated heterocycles. The van der Waals surface area contributed by atoms with E-state index in [1.54, 1.807) is 42.1 Å². The van der Waals surface area contributed by atoms with Gasteiger partial charge in [0, 0.05) is 17.8 Å². The van der Waals surface area contributed by atoms with Crippen molar-refractivity contribution in [1.29, 1.82) is 0 Å². The van der Waals surface area contributed by atoms with Gasteiger partial charge < -0.3 is 14.8 Å². The molecule has 0 spiro atoms. The van der Waals surface area contributed by atoms with E-state index in [4.69, 9.17) is 9.47 Å². The summed E-state index contributed by atoms with van der Waals surface area (Å²) in [6, 6.07) is 30.3. The number of methoxy groups -OCH3 is 1. The third-order valence-electron chi connectivity index (χ3n) is 6.65. The third kappa shape index (κ3) is 6.19. The topological polar surface area (TPSA) is 98.6 Å². The van der Waals surface area contributed by atoms with Gasteiger partial charge in [-0.25, -0.2) is 4.68 Å². The van der Waals surface area contributed by atoms with Gasteiger partial charge in [-0.05, 0) is 55.0 Å².